The van der Waals surface area contributed by atoms with Crippen LogP contribution in [0, 0.1) is 5.92 Å². The number of hydrogen-bond donors (Lipinski definition) is 1. The molecule has 0 aromatic heterocycles. The third kappa shape index (κ3) is 5.08. The molecule has 0 atom stereocenters. The van der Waals surface area contributed by atoms with Crippen LogP contribution in [-0.2, 0) is 17.9 Å². The second-order valence-electron chi connectivity index (χ2n) is 6.71. The predicted octanol–water partition coefficient (Wildman–Crippen LogP) is 3.99. The topological polar surface area (TPSA) is 41.6 Å². The Bertz CT molecular complexity index is 725. The molecule has 2 aromatic carbocycles. The van der Waals surface area contributed by atoms with Crippen molar-refractivity contribution >= 4 is 21.8 Å². The highest BCUT2D eigenvalue weighted by Gasteiger charge is 2.24. The normalized spacial score (nSPS) is 15.6. The van der Waals surface area contributed by atoms with Gasteiger partial charge in [0.15, 0.2) is 0 Å². The Balaban J connectivity index is 1.45. The lowest BCUT2D eigenvalue weighted by atomic mass is 9.95. The minimum Gasteiger partial charge on any atom is -0.496 e. The summed E-state index contributed by atoms with van der Waals surface area (Å²) < 4.78 is 6.44. The van der Waals surface area contributed by atoms with Crippen LogP contribution < -0.4 is 10.1 Å². The van der Waals surface area contributed by atoms with Crippen LogP contribution >= 0.6 is 15.9 Å². The molecule has 0 bridgehead atoms. The molecule has 1 saturated heterocycles. The first-order valence-corrected chi connectivity index (χ1v) is 9.81. The molecule has 0 spiro atoms. The molecule has 3 rings (SSSR count). The van der Waals surface area contributed by atoms with E-state index in [0.717, 1.165) is 48.3 Å². The second kappa shape index (κ2) is 9.19. The lowest BCUT2D eigenvalue weighted by Gasteiger charge is -2.31. The smallest absolute Gasteiger partial charge is 0.223 e. The first-order chi connectivity index (χ1) is 12.7. The molecular weight excluding hydrogens is 392 g/mol. The Morgan fingerprint density at radius 1 is 1.15 bits per heavy atom. The van der Waals surface area contributed by atoms with Gasteiger partial charge in [0.25, 0.3) is 0 Å². The molecule has 138 valence electrons. The van der Waals surface area contributed by atoms with E-state index in [2.05, 4.69) is 50.4 Å². The number of methoxy groups -OCH3 is 1. The van der Waals surface area contributed by atoms with Crippen LogP contribution in [0.1, 0.15) is 24.0 Å². The van der Waals surface area contributed by atoms with Gasteiger partial charge in [-0.1, -0.05) is 46.3 Å². The Morgan fingerprint density at radius 3 is 2.54 bits per heavy atom. The third-order valence-electron chi connectivity index (χ3n) is 4.92. The maximum absolute atomic E-state index is 12.5. The molecule has 0 aliphatic carbocycles. The van der Waals surface area contributed by atoms with Crippen molar-refractivity contribution in [3.8, 4) is 5.75 Å². The number of rotatable bonds is 6. The van der Waals surface area contributed by atoms with E-state index in [0.29, 0.717) is 6.54 Å². The molecule has 0 unspecified atom stereocenters. The number of nitrogens with zero attached hydrogens (tertiary/aromatic N) is 1. The minimum atomic E-state index is 0.103. The summed E-state index contributed by atoms with van der Waals surface area (Å²) in [4.78, 5) is 14.9. The number of nitrogens with one attached hydrogen (secondary N) is 1. The first-order valence-electron chi connectivity index (χ1n) is 9.02. The fraction of sp³-hybridized carbons (Fsp3) is 0.381. The molecule has 2 aromatic rings. The summed E-state index contributed by atoms with van der Waals surface area (Å²) in [5.41, 5.74) is 2.32. The molecule has 1 amide bonds. The van der Waals surface area contributed by atoms with Gasteiger partial charge in [0, 0.05) is 29.0 Å². The Hall–Kier alpha value is -1.85. The van der Waals surface area contributed by atoms with Crippen LogP contribution in [-0.4, -0.2) is 31.0 Å². The number of halogens is 1. The van der Waals surface area contributed by atoms with Gasteiger partial charge in [0.1, 0.15) is 5.75 Å². The molecular formula is C21H25BrN2O2. The van der Waals surface area contributed by atoms with Crippen molar-refractivity contribution in [2.45, 2.75) is 25.9 Å². The standard InChI is InChI=1S/C21H25BrN2O2/c1-26-20-5-3-2-4-18(20)14-23-21(25)17-10-12-24(13-11-17)15-16-6-8-19(22)9-7-16/h2-9,17H,10-15H2,1H3,(H,23,25). The number of piperidine rings is 1. The number of carbonyl (C=O) groups is 1. The van der Waals surface area contributed by atoms with Crippen molar-refractivity contribution in [3.05, 3.63) is 64.1 Å². The number of ether oxygens (including phenoxy) is 1. The van der Waals surface area contributed by atoms with Crippen molar-refractivity contribution in [3.63, 3.8) is 0 Å². The minimum absolute atomic E-state index is 0.103. The average Bonchev–Trinajstić information content (AvgIpc) is 2.68. The maximum atomic E-state index is 12.5. The van der Waals surface area contributed by atoms with Gasteiger partial charge in [-0.3, -0.25) is 9.69 Å². The fourth-order valence-corrected chi connectivity index (χ4v) is 3.64. The highest BCUT2D eigenvalue weighted by molar-refractivity contribution is 9.10. The molecule has 0 saturated carbocycles. The highest BCUT2D eigenvalue weighted by atomic mass is 79.9. The van der Waals surface area contributed by atoms with Crippen molar-refractivity contribution in [2.24, 2.45) is 5.92 Å². The number of hydrogen-bond acceptors (Lipinski definition) is 3. The van der Waals surface area contributed by atoms with Crippen LogP contribution in [0.4, 0.5) is 0 Å². The molecule has 0 radical (unpaired) electrons. The van der Waals surface area contributed by atoms with Gasteiger partial charge in [-0.2, -0.15) is 0 Å². The zero-order valence-corrected chi connectivity index (χ0v) is 16.7. The monoisotopic (exact) mass is 416 g/mol. The summed E-state index contributed by atoms with van der Waals surface area (Å²) in [6.07, 6.45) is 1.82. The van der Waals surface area contributed by atoms with E-state index in [4.69, 9.17) is 4.74 Å². The molecule has 1 N–H and O–H groups in total. The van der Waals surface area contributed by atoms with E-state index in [-0.39, 0.29) is 11.8 Å². The largest absolute Gasteiger partial charge is 0.496 e. The second-order valence-corrected chi connectivity index (χ2v) is 7.62. The van der Waals surface area contributed by atoms with Crippen LogP contribution in [0.5, 0.6) is 5.75 Å². The van der Waals surface area contributed by atoms with Gasteiger partial charge in [0.2, 0.25) is 5.91 Å². The molecule has 5 heteroatoms. The zero-order chi connectivity index (χ0) is 18.4. The van der Waals surface area contributed by atoms with Gasteiger partial charge in [-0.25, -0.2) is 0 Å². The van der Waals surface area contributed by atoms with E-state index in [1.807, 2.05) is 24.3 Å². The molecule has 1 fully saturated rings. The number of amides is 1. The van der Waals surface area contributed by atoms with Crippen molar-refractivity contribution in [2.75, 3.05) is 20.2 Å². The quantitative estimate of drug-likeness (QED) is 0.773. The lowest BCUT2D eigenvalue weighted by molar-refractivity contribution is -0.126. The Morgan fingerprint density at radius 2 is 1.85 bits per heavy atom. The number of para-hydroxylation sites is 1. The summed E-state index contributed by atoms with van der Waals surface area (Å²) in [7, 11) is 1.65. The first kappa shape index (κ1) is 18.9. The predicted molar refractivity (Wildman–Crippen MR) is 107 cm³/mol. The van der Waals surface area contributed by atoms with E-state index < -0.39 is 0 Å². The van der Waals surface area contributed by atoms with Crippen LogP contribution in [0.2, 0.25) is 0 Å². The molecule has 1 heterocycles. The number of carbonyl (C=O) groups excluding carboxylic acids is 1. The van der Waals surface area contributed by atoms with Crippen LogP contribution in [0.3, 0.4) is 0 Å². The van der Waals surface area contributed by atoms with E-state index >= 15 is 0 Å². The SMILES string of the molecule is COc1ccccc1CNC(=O)C1CCN(Cc2ccc(Br)cc2)CC1. The van der Waals surface area contributed by atoms with Gasteiger partial charge < -0.3 is 10.1 Å². The van der Waals surface area contributed by atoms with Crippen molar-refractivity contribution < 1.29 is 9.53 Å². The van der Waals surface area contributed by atoms with Crippen LogP contribution in [0.15, 0.2) is 53.0 Å². The summed E-state index contributed by atoms with van der Waals surface area (Å²) in [6, 6.07) is 16.3. The summed E-state index contributed by atoms with van der Waals surface area (Å²) in [6.45, 7) is 3.39. The van der Waals surface area contributed by atoms with Crippen LogP contribution in [0.25, 0.3) is 0 Å². The van der Waals surface area contributed by atoms with Gasteiger partial charge >= 0.3 is 0 Å². The Labute approximate surface area is 163 Å². The molecule has 4 nitrogen and oxygen atoms in total. The van der Waals surface area contributed by atoms with Crippen molar-refractivity contribution in [1.82, 2.24) is 10.2 Å². The number of likely N-dealkylation sites (tertiary alicyclic amines) is 1. The summed E-state index contributed by atoms with van der Waals surface area (Å²) in [5.74, 6) is 1.07. The lowest BCUT2D eigenvalue weighted by Crippen LogP contribution is -2.40. The molecule has 1 aliphatic rings. The summed E-state index contributed by atoms with van der Waals surface area (Å²) in [5, 5.41) is 3.07. The van der Waals surface area contributed by atoms with E-state index in [9.17, 15) is 4.79 Å². The highest BCUT2D eigenvalue weighted by Crippen LogP contribution is 2.21. The van der Waals surface area contributed by atoms with Crippen molar-refractivity contribution in [1.29, 1.82) is 0 Å². The van der Waals surface area contributed by atoms with E-state index in [1.165, 1.54) is 5.56 Å². The Kier molecular flexibility index (Phi) is 6.69. The average molecular weight is 417 g/mol. The fourth-order valence-electron chi connectivity index (χ4n) is 3.38. The maximum Gasteiger partial charge on any atom is 0.223 e. The summed E-state index contributed by atoms with van der Waals surface area (Å²) >= 11 is 3.47. The van der Waals surface area contributed by atoms with E-state index in [1.54, 1.807) is 7.11 Å². The van der Waals surface area contributed by atoms with Gasteiger partial charge in [0.05, 0.1) is 7.11 Å². The number of benzene rings is 2. The molecule has 26 heavy (non-hydrogen) atoms. The third-order valence-corrected chi connectivity index (χ3v) is 5.45. The molecule has 1 aliphatic heterocycles. The zero-order valence-electron chi connectivity index (χ0n) is 15.1. The van der Waals surface area contributed by atoms with Gasteiger partial charge in [-0.15, -0.1) is 0 Å². The van der Waals surface area contributed by atoms with Gasteiger partial charge in [-0.05, 0) is 49.7 Å².